The summed E-state index contributed by atoms with van der Waals surface area (Å²) in [6, 6.07) is 1.95. The summed E-state index contributed by atoms with van der Waals surface area (Å²) in [6.07, 6.45) is 5.24. The van der Waals surface area contributed by atoms with Gasteiger partial charge in [-0.25, -0.2) is 33.1 Å². The number of aromatic nitrogens is 6. The Morgan fingerprint density at radius 1 is 1.14 bits per heavy atom. The van der Waals surface area contributed by atoms with Gasteiger partial charge in [-0.2, -0.15) is 5.10 Å². The van der Waals surface area contributed by atoms with Crippen molar-refractivity contribution in [2.45, 2.75) is 19.4 Å². The van der Waals surface area contributed by atoms with E-state index in [9.17, 15) is 23.1 Å². The fourth-order valence-corrected chi connectivity index (χ4v) is 3.82. The molecule has 5 rings (SSSR count). The number of carbonyl (C=O) groups is 1. The van der Waals surface area contributed by atoms with Crippen molar-refractivity contribution in [1.29, 1.82) is 0 Å². The first-order valence-corrected chi connectivity index (χ1v) is 11.4. The van der Waals surface area contributed by atoms with Gasteiger partial charge < -0.3 is 15.3 Å². The number of nitrogens with one attached hydrogen (secondary N) is 1. The smallest absolute Gasteiger partial charge is 0.280 e. The number of halogens is 4. The van der Waals surface area contributed by atoms with Gasteiger partial charge in [-0.1, -0.05) is 17.7 Å². The zero-order valence-corrected chi connectivity index (χ0v) is 19.7. The zero-order chi connectivity index (χ0) is 26.1. The van der Waals surface area contributed by atoms with Crippen LogP contribution in [0.2, 0.25) is 5.02 Å². The Morgan fingerprint density at radius 2 is 1.89 bits per heavy atom. The van der Waals surface area contributed by atoms with Gasteiger partial charge in [0.05, 0.1) is 35.3 Å². The molecule has 0 saturated carbocycles. The van der Waals surface area contributed by atoms with Gasteiger partial charge in [0.1, 0.15) is 0 Å². The number of hydrogen-bond donors (Lipinski definition) is 2. The first-order valence-electron chi connectivity index (χ1n) is 11.0. The molecule has 0 spiro atoms. The van der Waals surface area contributed by atoms with E-state index in [1.54, 1.807) is 12.4 Å². The molecule has 1 aliphatic rings. The summed E-state index contributed by atoms with van der Waals surface area (Å²) in [7, 11) is 0. The monoisotopic (exact) mass is 530 g/mol. The second kappa shape index (κ2) is 10.0. The number of nitrogens with zero attached hydrogens (tertiary/aromatic N) is 7. The van der Waals surface area contributed by atoms with Crippen LogP contribution in [0.25, 0.3) is 11.3 Å². The molecule has 37 heavy (non-hydrogen) atoms. The maximum Gasteiger partial charge on any atom is 0.280 e. The molecule has 1 saturated heterocycles. The van der Waals surface area contributed by atoms with Gasteiger partial charge in [-0.3, -0.25) is 9.48 Å². The fraction of sp³-hybridized carbons (Fsp3) is 0.217. The van der Waals surface area contributed by atoms with Crippen LogP contribution in [-0.4, -0.2) is 53.8 Å². The van der Waals surface area contributed by atoms with Crippen molar-refractivity contribution in [2.75, 3.05) is 23.3 Å². The van der Waals surface area contributed by atoms with E-state index in [4.69, 9.17) is 11.6 Å². The molecule has 1 amide bonds. The van der Waals surface area contributed by atoms with Gasteiger partial charge in [-0.05, 0) is 12.5 Å². The van der Waals surface area contributed by atoms with E-state index in [0.29, 0.717) is 12.5 Å². The minimum Gasteiger partial charge on any atom is -0.492 e. The Morgan fingerprint density at radius 3 is 2.57 bits per heavy atom. The number of amides is 1. The van der Waals surface area contributed by atoms with Crippen LogP contribution in [0.1, 0.15) is 34.5 Å². The predicted octanol–water partition coefficient (Wildman–Crippen LogP) is 4.08. The number of hydrogen-bond acceptors (Lipinski definition) is 8. The summed E-state index contributed by atoms with van der Waals surface area (Å²) in [6.45, 7) is 2.21. The first-order chi connectivity index (χ1) is 17.8. The molecular formula is C23H18ClF3N8O2. The van der Waals surface area contributed by atoms with Crippen LogP contribution in [0.5, 0.6) is 5.88 Å². The van der Waals surface area contributed by atoms with Crippen LogP contribution in [0.3, 0.4) is 0 Å². The molecule has 0 radical (unpaired) electrons. The third kappa shape index (κ3) is 5.03. The van der Waals surface area contributed by atoms with E-state index in [1.165, 1.54) is 17.1 Å². The van der Waals surface area contributed by atoms with Crippen LogP contribution in [0.15, 0.2) is 43.1 Å². The highest BCUT2D eigenvalue weighted by Gasteiger charge is 2.24. The molecule has 4 heterocycles. The molecule has 0 bridgehead atoms. The molecule has 4 aromatic rings. The lowest BCUT2D eigenvalue weighted by atomic mass is 10.0. The molecule has 0 atom stereocenters. The summed E-state index contributed by atoms with van der Waals surface area (Å²) in [4.78, 5) is 31.0. The molecule has 0 aliphatic carbocycles. The summed E-state index contributed by atoms with van der Waals surface area (Å²) in [5.74, 6) is -2.15. The predicted molar refractivity (Wildman–Crippen MR) is 127 cm³/mol. The number of rotatable bonds is 7. The minimum atomic E-state index is -3.04. The Balaban J connectivity index is 1.33. The topological polar surface area (TPSA) is 122 Å². The molecule has 1 fully saturated rings. The van der Waals surface area contributed by atoms with Crippen molar-refractivity contribution in [2.24, 2.45) is 0 Å². The SMILES string of the molecule is O=C(Nc1cnn(Cc2cnc(N3CCC3)nc2)c1)c1nc(-c2c(C(F)F)ccc(Cl)c2F)cnc1O. The second-order valence-corrected chi connectivity index (χ2v) is 8.57. The molecule has 1 aliphatic heterocycles. The van der Waals surface area contributed by atoms with Crippen molar-refractivity contribution < 1.29 is 23.1 Å². The maximum atomic E-state index is 14.6. The Bertz CT molecular complexity index is 1460. The Kier molecular flexibility index (Phi) is 6.61. The van der Waals surface area contributed by atoms with Gasteiger partial charge in [0.2, 0.25) is 11.8 Å². The summed E-state index contributed by atoms with van der Waals surface area (Å²) in [5.41, 5.74) is -1.23. The molecule has 2 N–H and O–H groups in total. The van der Waals surface area contributed by atoms with Crippen LogP contribution >= 0.6 is 11.6 Å². The third-order valence-electron chi connectivity index (χ3n) is 5.65. The van der Waals surface area contributed by atoms with Crippen molar-refractivity contribution in [3.8, 4) is 17.1 Å². The van der Waals surface area contributed by atoms with Crippen LogP contribution in [0, 0.1) is 5.82 Å². The molecule has 0 unspecified atom stereocenters. The number of aromatic hydroxyl groups is 1. The third-order valence-corrected chi connectivity index (χ3v) is 5.94. The standard InChI is InChI=1S/C23H18ClF3N8O2/c24-15-3-2-14(20(26)27)17(18(15)25)16-9-28-21(36)19(33-16)22(37)32-13-8-31-35(11-13)10-12-6-29-23(30-7-12)34-4-1-5-34/h2-3,6-9,11,20H,1,4-5,10H2,(H,28,36)(H,32,37). The van der Waals surface area contributed by atoms with Gasteiger partial charge in [0, 0.05) is 48.4 Å². The molecule has 10 nitrogen and oxygen atoms in total. The van der Waals surface area contributed by atoms with Crippen LogP contribution in [0.4, 0.5) is 24.8 Å². The number of anilines is 2. The van der Waals surface area contributed by atoms with Crippen molar-refractivity contribution in [3.63, 3.8) is 0 Å². The van der Waals surface area contributed by atoms with Crippen LogP contribution in [-0.2, 0) is 6.54 Å². The average molecular weight is 531 g/mol. The molecule has 1 aromatic carbocycles. The molecule has 3 aromatic heterocycles. The highest BCUT2D eigenvalue weighted by atomic mass is 35.5. The minimum absolute atomic E-state index is 0.261. The summed E-state index contributed by atoms with van der Waals surface area (Å²) < 4.78 is 43.1. The van der Waals surface area contributed by atoms with Crippen LogP contribution < -0.4 is 10.2 Å². The van der Waals surface area contributed by atoms with Gasteiger partial charge in [0.15, 0.2) is 11.5 Å². The van der Waals surface area contributed by atoms with E-state index >= 15 is 0 Å². The highest BCUT2D eigenvalue weighted by molar-refractivity contribution is 6.31. The maximum absolute atomic E-state index is 14.6. The highest BCUT2D eigenvalue weighted by Crippen LogP contribution is 2.36. The Labute approximate surface area is 212 Å². The van der Waals surface area contributed by atoms with Gasteiger partial charge >= 0.3 is 0 Å². The lowest BCUT2D eigenvalue weighted by Crippen LogP contribution is -2.38. The molecular weight excluding hydrogens is 513 g/mol. The van der Waals surface area contributed by atoms with Gasteiger partial charge in [-0.15, -0.1) is 0 Å². The summed E-state index contributed by atoms with van der Waals surface area (Å²) >= 11 is 5.76. The average Bonchev–Trinajstić information content (AvgIpc) is 3.27. The lowest BCUT2D eigenvalue weighted by Gasteiger charge is -2.30. The van der Waals surface area contributed by atoms with E-state index < -0.39 is 51.6 Å². The van der Waals surface area contributed by atoms with Gasteiger partial charge in [0.25, 0.3) is 12.3 Å². The Hall–Kier alpha value is -4.26. The zero-order valence-electron chi connectivity index (χ0n) is 18.9. The normalized spacial score (nSPS) is 13.1. The van der Waals surface area contributed by atoms with Crippen molar-refractivity contribution >= 4 is 29.1 Å². The largest absolute Gasteiger partial charge is 0.492 e. The first kappa shape index (κ1) is 24.4. The quantitative estimate of drug-likeness (QED) is 0.366. The van der Waals surface area contributed by atoms with E-state index in [-0.39, 0.29) is 5.69 Å². The van der Waals surface area contributed by atoms with E-state index in [1.807, 2.05) is 0 Å². The number of carbonyl (C=O) groups excluding carboxylic acids is 1. The number of alkyl halides is 2. The van der Waals surface area contributed by atoms with Crippen molar-refractivity contribution in [1.82, 2.24) is 29.7 Å². The lowest BCUT2D eigenvalue weighted by molar-refractivity contribution is 0.101. The molecule has 190 valence electrons. The second-order valence-electron chi connectivity index (χ2n) is 8.17. The molecule has 14 heteroatoms. The van der Waals surface area contributed by atoms with Crippen molar-refractivity contribution in [3.05, 3.63) is 70.8 Å². The van der Waals surface area contributed by atoms with E-state index in [2.05, 4.69) is 35.3 Å². The number of benzene rings is 1. The fourth-order valence-electron chi connectivity index (χ4n) is 3.66. The summed E-state index contributed by atoms with van der Waals surface area (Å²) in [5, 5.41) is 16.3. The van der Waals surface area contributed by atoms with E-state index in [0.717, 1.165) is 43.4 Å².